The van der Waals surface area contributed by atoms with Crippen LogP contribution in [0.3, 0.4) is 0 Å². The second kappa shape index (κ2) is 5.97. The lowest BCUT2D eigenvalue weighted by atomic mass is 10.3. The van der Waals surface area contributed by atoms with Crippen LogP contribution in [0.15, 0.2) is 17.2 Å². The van der Waals surface area contributed by atoms with Crippen molar-refractivity contribution in [2.24, 2.45) is 7.05 Å². The Balaban J connectivity index is 1.80. The quantitative estimate of drug-likeness (QED) is 0.730. The Hall–Kier alpha value is -1.87. The zero-order valence-corrected chi connectivity index (χ0v) is 13.5. The molecule has 2 fully saturated rings. The maximum absolute atomic E-state index is 12.5. The molecule has 0 N–H and O–H groups in total. The molecule has 1 atom stereocenters. The fraction of sp³-hybridized carbons (Fsp3) is 0.571. The zero-order chi connectivity index (χ0) is 16.6. The third kappa shape index (κ3) is 2.98. The minimum atomic E-state index is -3.60. The largest absolute Gasteiger partial charge is 0.463 e. The van der Waals surface area contributed by atoms with E-state index in [0.717, 1.165) is 12.8 Å². The molecular weight excluding hydrogens is 324 g/mol. The van der Waals surface area contributed by atoms with Crippen LogP contribution in [0.25, 0.3) is 0 Å². The van der Waals surface area contributed by atoms with Crippen molar-refractivity contribution in [1.29, 1.82) is 0 Å². The van der Waals surface area contributed by atoms with Gasteiger partial charge in [0.15, 0.2) is 0 Å². The average molecular weight is 342 g/mol. The fourth-order valence-electron chi connectivity index (χ4n) is 2.73. The number of aryl methyl sites for hydroxylation is 1. The number of hydrogen-bond acceptors (Lipinski definition) is 6. The van der Waals surface area contributed by atoms with Gasteiger partial charge in [-0.2, -0.15) is 4.31 Å². The summed E-state index contributed by atoms with van der Waals surface area (Å²) < 4.78 is 37.6. The summed E-state index contributed by atoms with van der Waals surface area (Å²) in [5.41, 5.74) is 0.0856. The van der Waals surface area contributed by atoms with Crippen molar-refractivity contribution in [3.63, 3.8) is 0 Å². The average Bonchev–Trinajstić information content (AvgIpc) is 3.20. The number of nitrogens with zero attached hydrogens (tertiary/aromatic N) is 2. The van der Waals surface area contributed by atoms with Crippen molar-refractivity contribution >= 4 is 22.0 Å². The standard InChI is InChI=1S/C14H18N2O6S/c1-15-9-10(23(19,20)16-5-2-3-6-16)8-11(15)13(17)22-12-4-7-21-14(12)18/h8-9,12H,2-7H2,1H3/t12-/m1/s1. The number of rotatable bonds is 4. The molecule has 2 saturated heterocycles. The summed E-state index contributed by atoms with van der Waals surface area (Å²) in [6.45, 7) is 1.20. The number of carbonyl (C=O) groups excluding carboxylic acids is 2. The first-order chi connectivity index (χ1) is 10.9. The van der Waals surface area contributed by atoms with Crippen molar-refractivity contribution < 1.29 is 27.5 Å². The number of sulfonamides is 1. The zero-order valence-electron chi connectivity index (χ0n) is 12.7. The minimum absolute atomic E-state index is 0.0582. The van der Waals surface area contributed by atoms with Gasteiger partial charge < -0.3 is 14.0 Å². The molecule has 2 aliphatic rings. The monoisotopic (exact) mass is 342 g/mol. The molecule has 0 saturated carbocycles. The van der Waals surface area contributed by atoms with Gasteiger partial charge in [-0.25, -0.2) is 18.0 Å². The van der Waals surface area contributed by atoms with E-state index in [4.69, 9.17) is 9.47 Å². The van der Waals surface area contributed by atoms with Crippen molar-refractivity contribution in [3.8, 4) is 0 Å². The van der Waals surface area contributed by atoms with E-state index in [9.17, 15) is 18.0 Å². The highest BCUT2D eigenvalue weighted by molar-refractivity contribution is 7.89. The van der Waals surface area contributed by atoms with Crippen LogP contribution >= 0.6 is 0 Å². The number of cyclic esters (lactones) is 1. The molecule has 3 heterocycles. The third-order valence-corrected chi connectivity index (χ3v) is 5.89. The highest BCUT2D eigenvalue weighted by Crippen LogP contribution is 2.23. The van der Waals surface area contributed by atoms with Crippen molar-refractivity contribution in [2.75, 3.05) is 19.7 Å². The molecule has 0 radical (unpaired) electrons. The number of hydrogen-bond donors (Lipinski definition) is 0. The van der Waals surface area contributed by atoms with Gasteiger partial charge in [-0.1, -0.05) is 0 Å². The van der Waals surface area contributed by atoms with Crippen LogP contribution in [0.1, 0.15) is 29.8 Å². The molecule has 0 aromatic carbocycles. The van der Waals surface area contributed by atoms with Crippen LogP contribution in [0.5, 0.6) is 0 Å². The Bertz CT molecular complexity index is 732. The van der Waals surface area contributed by atoms with Gasteiger partial charge >= 0.3 is 11.9 Å². The Morgan fingerprint density at radius 3 is 2.65 bits per heavy atom. The summed E-state index contributed by atoms with van der Waals surface area (Å²) in [5, 5.41) is 0. The maximum atomic E-state index is 12.5. The van der Waals surface area contributed by atoms with Gasteiger partial charge in [0.25, 0.3) is 0 Å². The molecule has 0 unspecified atom stereocenters. The Kier molecular flexibility index (Phi) is 4.15. The Morgan fingerprint density at radius 2 is 2.04 bits per heavy atom. The summed E-state index contributed by atoms with van der Waals surface area (Å²) in [7, 11) is -2.04. The second-order valence-electron chi connectivity index (χ2n) is 5.63. The molecule has 0 spiro atoms. The fourth-order valence-corrected chi connectivity index (χ4v) is 4.32. The molecule has 8 nitrogen and oxygen atoms in total. The Labute approximate surface area is 134 Å². The van der Waals surface area contributed by atoms with Crippen molar-refractivity contribution in [3.05, 3.63) is 18.0 Å². The summed E-state index contributed by atoms with van der Waals surface area (Å²) in [5.74, 6) is -1.31. The van der Waals surface area contributed by atoms with Crippen LogP contribution in [0.4, 0.5) is 0 Å². The van der Waals surface area contributed by atoms with E-state index in [0.29, 0.717) is 19.5 Å². The summed E-state index contributed by atoms with van der Waals surface area (Å²) >= 11 is 0. The van der Waals surface area contributed by atoms with E-state index in [-0.39, 0.29) is 17.2 Å². The van der Waals surface area contributed by atoms with Gasteiger partial charge in [0.05, 0.1) is 6.61 Å². The summed E-state index contributed by atoms with van der Waals surface area (Å²) in [4.78, 5) is 23.6. The molecule has 9 heteroatoms. The molecule has 0 aliphatic carbocycles. The number of carbonyl (C=O) groups is 2. The predicted molar refractivity (Wildman–Crippen MR) is 78.2 cm³/mol. The van der Waals surface area contributed by atoms with Gasteiger partial charge in [0.1, 0.15) is 10.6 Å². The molecule has 0 amide bonds. The molecule has 3 rings (SSSR count). The van der Waals surface area contributed by atoms with Gasteiger partial charge in [-0.05, 0) is 18.9 Å². The van der Waals surface area contributed by atoms with E-state index in [2.05, 4.69) is 0 Å². The van der Waals surface area contributed by atoms with Crippen LogP contribution in [0, 0.1) is 0 Å². The highest BCUT2D eigenvalue weighted by Gasteiger charge is 2.33. The predicted octanol–water partition coefficient (Wildman–Crippen LogP) is 0.282. The first-order valence-electron chi connectivity index (χ1n) is 7.44. The molecular formula is C14H18N2O6S. The number of esters is 2. The number of aromatic nitrogens is 1. The summed E-state index contributed by atoms with van der Waals surface area (Å²) in [6, 6.07) is 1.29. The van der Waals surface area contributed by atoms with E-state index >= 15 is 0 Å². The smallest absolute Gasteiger partial charge is 0.355 e. The lowest BCUT2D eigenvalue weighted by Crippen LogP contribution is -2.27. The van der Waals surface area contributed by atoms with Crippen LogP contribution in [-0.4, -0.2) is 55.0 Å². The molecule has 1 aromatic heterocycles. The molecule has 2 aliphatic heterocycles. The van der Waals surface area contributed by atoms with E-state index < -0.39 is 28.1 Å². The number of ether oxygens (including phenoxy) is 2. The Morgan fingerprint density at radius 1 is 1.35 bits per heavy atom. The second-order valence-corrected chi connectivity index (χ2v) is 7.57. The van der Waals surface area contributed by atoms with Gasteiger partial charge in [-0.3, -0.25) is 0 Å². The maximum Gasteiger partial charge on any atom is 0.355 e. The van der Waals surface area contributed by atoms with Gasteiger partial charge in [-0.15, -0.1) is 0 Å². The SMILES string of the molecule is Cn1cc(S(=O)(=O)N2CCCC2)cc1C(=O)O[C@@H]1CCOC1=O. The van der Waals surface area contributed by atoms with Gasteiger partial charge in [0.2, 0.25) is 16.1 Å². The molecule has 23 heavy (non-hydrogen) atoms. The third-order valence-electron chi connectivity index (χ3n) is 4.03. The molecule has 1 aromatic rings. The van der Waals surface area contributed by atoms with E-state index in [1.165, 1.54) is 21.1 Å². The van der Waals surface area contributed by atoms with Crippen LogP contribution in [-0.2, 0) is 31.3 Å². The molecule has 126 valence electrons. The van der Waals surface area contributed by atoms with Crippen molar-refractivity contribution in [1.82, 2.24) is 8.87 Å². The van der Waals surface area contributed by atoms with E-state index in [1.54, 1.807) is 7.05 Å². The lowest BCUT2D eigenvalue weighted by molar-refractivity contribution is -0.145. The first kappa shape index (κ1) is 16.0. The minimum Gasteiger partial charge on any atom is -0.463 e. The lowest BCUT2D eigenvalue weighted by Gasteiger charge is -2.13. The van der Waals surface area contributed by atoms with E-state index in [1.807, 2.05) is 0 Å². The topological polar surface area (TPSA) is 94.9 Å². The van der Waals surface area contributed by atoms with Crippen LogP contribution in [0.2, 0.25) is 0 Å². The molecule has 0 bridgehead atoms. The highest BCUT2D eigenvalue weighted by atomic mass is 32.2. The van der Waals surface area contributed by atoms with Crippen LogP contribution < -0.4 is 0 Å². The van der Waals surface area contributed by atoms with Crippen molar-refractivity contribution in [2.45, 2.75) is 30.3 Å². The van der Waals surface area contributed by atoms with Gasteiger partial charge in [0, 0.05) is 32.8 Å². The summed E-state index contributed by atoms with van der Waals surface area (Å²) in [6.07, 6.45) is 2.46. The normalized spacial score (nSPS) is 22.3. The first-order valence-corrected chi connectivity index (χ1v) is 8.88.